The second-order valence-corrected chi connectivity index (χ2v) is 5.79. The normalized spacial score (nSPS) is 10.7. The van der Waals surface area contributed by atoms with Crippen molar-refractivity contribution in [3.05, 3.63) is 69.6 Å². The van der Waals surface area contributed by atoms with Gasteiger partial charge in [0.2, 0.25) is 0 Å². The highest BCUT2D eigenvalue weighted by Gasteiger charge is 2.13. The molecule has 26 heavy (non-hydrogen) atoms. The SMILES string of the molecule is CCc1ccc2c(COc3cc(OC)ccc3C(N)=O)cc(=O)oc2c1. The summed E-state index contributed by atoms with van der Waals surface area (Å²) in [4.78, 5) is 23.5. The van der Waals surface area contributed by atoms with E-state index in [0.29, 0.717) is 22.6 Å². The first kappa shape index (κ1) is 17.5. The maximum absolute atomic E-state index is 11.9. The number of methoxy groups -OCH3 is 1. The van der Waals surface area contributed by atoms with Gasteiger partial charge < -0.3 is 19.6 Å². The molecule has 0 spiro atoms. The molecule has 0 aliphatic heterocycles. The van der Waals surface area contributed by atoms with Gasteiger partial charge in [0.15, 0.2) is 0 Å². The number of fused-ring (bicyclic) bond motifs is 1. The Labute approximate surface area is 150 Å². The highest BCUT2D eigenvalue weighted by Crippen LogP contribution is 2.27. The molecule has 3 aromatic rings. The number of carbonyl (C=O) groups is 1. The van der Waals surface area contributed by atoms with Gasteiger partial charge in [-0.1, -0.05) is 19.1 Å². The lowest BCUT2D eigenvalue weighted by Crippen LogP contribution is -2.13. The molecule has 0 unspecified atom stereocenters. The fourth-order valence-corrected chi connectivity index (χ4v) is 2.72. The Balaban J connectivity index is 1.98. The lowest BCUT2D eigenvalue weighted by Gasteiger charge is -2.12. The summed E-state index contributed by atoms with van der Waals surface area (Å²) in [5.41, 5.74) is 7.43. The topological polar surface area (TPSA) is 91.8 Å². The number of rotatable bonds is 6. The van der Waals surface area contributed by atoms with Crippen molar-refractivity contribution < 1.29 is 18.7 Å². The largest absolute Gasteiger partial charge is 0.497 e. The van der Waals surface area contributed by atoms with Crippen molar-refractivity contribution in [3.8, 4) is 11.5 Å². The summed E-state index contributed by atoms with van der Waals surface area (Å²) in [5.74, 6) is 0.228. The van der Waals surface area contributed by atoms with Crippen molar-refractivity contribution in [1.29, 1.82) is 0 Å². The van der Waals surface area contributed by atoms with Crippen LogP contribution in [0.2, 0.25) is 0 Å². The second kappa shape index (κ2) is 7.31. The summed E-state index contributed by atoms with van der Waals surface area (Å²) >= 11 is 0. The van der Waals surface area contributed by atoms with Gasteiger partial charge in [-0.2, -0.15) is 0 Å². The summed E-state index contributed by atoms with van der Waals surface area (Å²) in [7, 11) is 1.52. The van der Waals surface area contributed by atoms with E-state index in [1.54, 1.807) is 18.2 Å². The van der Waals surface area contributed by atoms with E-state index in [1.165, 1.54) is 13.2 Å². The Hall–Kier alpha value is -3.28. The average Bonchev–Trinajstić information content (AvgIpc) is 2.64. The van der Waals surface area contributed by atoms with E-state index >= 15 is 0 Å². The quantitative estimate of drug-likeness (QED) is 0.688. The van der Waals surface area contributed by atoms with E-state index in [2.05, 4.69) is 0 Å². The zero-order chi connectivity index (χ0) is 18.7. The third kappa shape index (κ3) is 3.54. The lowest BCUT2D eigenvalue weighted by atomic mass is 10.1. The Bertz CT molecular complexity index is 1020. The molecule has 134 valence electrons. The molecule has 0 saturated heterocycles. The summed E-state index contributed by atoms with van der Waals surface area (Å²) in [6, 6.07) is 11.9. The van der Waals surface area contributed by atoms with Crippen LogP contribution in [-0.4, -0.2) is 13.0 Å². The van der Waals surface area contributed by atoms with Gasteiger partial charge in [0.05, 0.1) is 12.7 Å². The maximum Gasteiger partial charge on any atom is 0.336 e. The number of primary amides is 1. The van der Waals surface area contributed by atoms with Gasteiger partial charge in [-0.3, -0.25) is 4.79 Å². The Morgan fingerprint density at radius 1 is 1.15 bits per heavy atom. The van der Waals surface area contributed by atoms with Crippen molar-refractivity contribution in [2.45, 2.75) is 20.0 Å². The summed E-state index contributed by atoms with van der Waals surface area (Å²) in [5, 5.41) is 0.783. The molecule has 6 heteroatoms. The number of hydrogen-bond acceptors (Lipinski definition) is 5. The highest BCUT2D eigenvalue weighted by atomic mass is 16.5. The lowest BCUT2D eigenvalue weighted by molar-refractivity contribution is 0.0996. The Kier molecular flexibility index (Phi) is 4.93. The van der Waals surface area contributed by atoms with Gasteiger partial charge in [-0.05, 0) is 30.2 Å². The smallest absolute Gasteiger partial charge is 0.336 e. The third-order valence-electron chi connectivity index (χ3n) is 4.14. The third-order valence-corrected chi connectivity index (χ3v) is 4.14. The van der Waals surface area contributed by atoms with Crippen LogP contribution in [-0.2, 0) is 13.0 Å². The number of benzene rings is 2. The van der Waals surface area contributed by atoms with Crippen LogP contribution in [0.1, 0.15) is 28.4 Å². The minimum absolute atomic E-state index is 0.0843. The first-order valence-electron chi connectivity index (χ1n) is 8.18. The Morgan fingerprint density at radius 3 is 2.65 bits per heavy atom. The highest BCUT2D eigenvalue weighted by molar-refractivity contribution is 5.95. The minimum Gasteiger partial charge on any atom is -0.497 e. The molecule has 0 aliphatic carbocycles. The molecular formula is C20H19NO5. The number of hydrogen-bond donors (Lipinski definition) is 1. The van der Waals surface area contributed by atoms with E-state index in [0.717, 1.165) is 17.4 Å². The van der Waals surface area contributed by atoms with Crippen LogP contribution < -0.4 is 20.8 Å². The number of carbonyl (C=O) groups excluding carboxylic acids is 1. The monoisotopic (exact) mass is 353 g/mol. The second-order valence-electron chi connectivity index (χ2n) is 5.79. The molecule has 0 atom stereocenters. The molecule has 0 fully saturated rings. The van der Waals surface area contributed by atoms with Gasteiger partial charge in [0.25, 0.3) is 5.91 Å². The van der Waals surface area contributed by atoms with Gasteiger partial charge in [0.1, 0.15) is 23.7 Å². The van der Waals surface area contributed by atoms with Crippen LogP contribution in [0.15, 0.2) is 51.7 Å². The van der Waals surface area contributed by atoms with E-state index in [4.69, 9.17) is 19.6 Å². The van der Waals surface area contributed by atoms with Crippen LogP contribution in [0.25, 0.3) is 11.0 Å². The predicted octanol–water partition coefficient (Wildman–Crippen LogP) is 3.04. The van der Waals surface area contributed by atoms with Crippen molar-refractivity contribution >= 4 is 16.9 Å². The van der Waals surface area contributed by atoms with E-state index in [1.807, 2.05) is 25.1 Å². The number of aryl methyl sites for hydroxylation is 1. The van der Waals surface area contributed by atoms with Crippen LogP contribution in [0.5, 0.6) is 11.5 Å². The first-order chi connectivity index (χ1) is 12.5. The molecule has 6 nitrogen and oxygen atoms in total. The van der Waals surface area contributed by atoms with Gasteiger partial charge >= 0.3 is 5.63 Å². The first-order valence-corrected chi connectivity index (χ1v) is 8.18. The van der Waals surface area contributed by atoms with Gasteiger partial charge in [-0.15, -0.1) is 0 Å². The molecule has 3 rings (SSSR count). The minimum atomic E-state index is -0.604. The Morgan fingerprint density at radius 2 is 1.96 bits per heavy atom. The van der Waals surface area contributed by atoms with Crippen molar-refractivity contribution in [1.82, 2.24) is 0 Å². The standard InChI is InChI=1S/C20H19NO5/c1-3-12-4-6-15-13(9-19(22)26-18(15)8-12)11-25-17-10-14(24-2)5-7-16(17)20(21)23/h4-10H,3,11H2,1-2H3,(H2,21,23). The molecule has 1 amide bonds. The van der Waals surface area contributed by atoms with Crippen LogP contribution in [0, 0.1) is 0 Å². The summed E-state index contributed by atoms with van der Waals surface area (Å²) in [6.45, 7) is 2.11. The molecule has 0 radical (unpaired) electrons. The summed E-state index contributed by atoms with van der Waals surface area (Å²) in [6.07, 6.45) is 0.839. The molecule has 1 heterocycles. The van der Waals surface area contributed by atoms with Crippen molar-refractivity contribution in [2.24, 2.45) is 5.73 Å². The molecule has 0 bridgehead atoms. The maximum atomic E-state index is 11.9. The number of nitrogens with two attached hydrogens (primary N) is 1. The molecular weight excluding hydrogens is 334 g/mol. The van der Waals surface area contributed by atoms with Crippen LogP contribution >= 0.6 is 0 Å². The average molecular weight is 353 g/mol. The van der Waals surface area contributed by atoms with E-state index < -0.39 is 11.5 Å². The van der Waals surface area contributed by atoms with Crippen LogP contribution in [0.4, 0.5) is 0 Å². The molecule has 0 saturated carbocycles. The molecule has 2 N–H and O–H groups in total. The molecule has 2 aromatic carbocycles. The van der Waals surface area contributed by atoms with Crippen LogP contribution in [0.3, 0.4) is 0 Å². The van der Waals surface area contributed by atoms with Gasteiger partial charge in [0, 0.05) is 23.1 Å². The predicted molar refractivity (Wildman–Crippen MR) is 97.7 cm³/mol. The number of ether oxygens (including phenoxy) is 2. The van der Waals surface area contributed by atoms with E-state index in [9.17, 15) is 9.59 Å². The van der Waals surface area contributed by atoms with Crippen molar-refractivity contribution in [2.75, 3.05) is 7.11 Å². The molecule has 0 aliphatic rings. The fraction of sp³-hybridized carbons (Fsp3) is 0.200. The van der Waals surface area contributed by atoms with E-state index in [-0.39, 0.29) is 12.2 Å². The number of amides is 1. The fourth-order valence-electron chi connectivity index (χ4n) is 2.72. The van der Waals surface area contributed by atoms with Gasteiger partial charge in [-0.25, -0.2) is 4.79 Å². The molecule has 1 aromatic heterocycles. The van der Waals surface area contributed by atoms with Crippen molar-refractivity contribution in [3.63, 3.8) is 0 Å². The summed E-state index contributed by atoms with van der Waals surface area (Å²) < 4.78 is 16.2. The zero-order valence-electron chi connectivity index (χ0n) is 14.6. The zero-order valence-corrected chi connectivity index (χ0v) is 14.6.